The Hall–Kier alpha value is -3.29. The van der Waals surface area contributed by atoms with E-state index in [4.69, 9.17) is 4.74 Å². The first-order valence-corrected chi connectivity index (χ1v) is 9.73. The number of rotatable bonds is 12. The first-order chi connectivity index (χ1) is 14.7. The van der Waals surface area contributed by atoms with Crippen LogP contribution in [0.4, 0.5) is 13.6 Å². The molecule has 8 heteroatoms. The number of amides is 2. The van der Waals surface area contributed by atoms with Crippen LogP contribution in [0.15, 0.2) is 67.3 Å². The fourth-order valence-corrected chi connectivity index (χ4v) is 2.67. The van der Waals surface area contributed by atoms with Crippen LogP contribution in [0.25, 0.3) is 0 Å². The largest absolute Gasteiger partial charge is 0.445 e. The minimum absolute atomic E-state index is 0.000639. The monoisotopic (exact) mass is 434 g/mol. The van der Waals surface area contributed by atoms with Gasteiger partial charge in [-0.05, 0) is 23.5 Å². The van der Waals surface area contributed by atoms with E-state index < -0.39 is 42.2 Å². The van der Waals surface area contributed by atoms with Gasteiger partial charge in [0, 0.05) is 0 Å². The lowest BCUT2D eigenvalue weighted by molar-refractivity contribution is -0.135. The first-order valence-electron chi connectivity index (χ1n) is 9.73. The van der Waals surface area contributed by atoms with Gasteiger partial charge in [-0.1, -0.05) is 75.6 Å². The number of hydrogen-bond donors (Lipinski definition) is 2. The number of alkyl carbamates (subject to hydrolysis) is 1. The van der Waals surface area contributed by atoms with Crippen molar-refractivity contribution in [2.75, 3.05) is 0 Å². The summed E-state index contributed by atoms with van der Waals surface area (Å²) in [5.74, 6) is -2.60. The second-order valence-electron chi connectivity index (χ2n) is 7.08. The molecule has 0 saturated carbocycles. The summed E-state index contributed by atoms with van der Waals surface area (Å²) < 4.78 is 31.2. The van der Waals surface area contributed by atoms with E-state index in [1.165, 1.54) is 18.2 Å². The van der Waals surface area contributed by atoms with E-state index in [0.29, 0.717) is 5.57 Å². The van der Waals surface area contributed by atoms with Crippen LogP contribution < -0.4 is 10.6 Å². The Morgan fingerprint density at radius 1 is 1.10 bits per heavy atom. The van der Waals surface area contributed by atoms with Crippen LogP contribution in [0.1, 0.15) is 25.8 Å². The minimum Gasteiger partial charge on any atom is -0.445 e. The average Bonchev–Trinajstić information content (AvgIpc) is 2.74. The van der Waals surface area contributed by atoms with Crippen molar-refractivity contribution in [1.82, 2.24) is 10.6 Å². The Kier molecular flexibility index (Phi) is 10.9. The van der Waals surface area contributed by atoms with Crippen molar-refractivity contribution < 1.29 is 27.9 Å². The number of hydrogen-bond acceptors (Lipinski definition) is 4. The van der Waals surface area contributed by atoms with Gasteiger partial charge >= 0.3 is 6.09 Å². The number of ketones is 1. The highest BCUT2D eigenvalue weighted by molar-refractivity contribution is 5.93. The molecule has 0 fully saturated rings. The number of halogens is 2. The van der Waals surface area contributed by atoms with Gasteiger partial charge in [0.05, 0.1) is 6.04 Å². The first kappa shape index (κ1) is 25.7. The molecule has 1 rings (SSSR count). The van der Waals surface area contributed by atoms with Crippen LogP contribution in [0.3, 0.4) is 0 Å². The topological polar surface area (TPSA) is 84.5 Å². The standard InChI is InChI=1S/C23H28F2N2O4/c1-5-10-16(6-2)13-18(20(28)21(24)25)26-22(29)19(15(3)4)27-23(30)31-14-17-11-8-7-9-12-17/h5-12,15,18-19,21H,1-2,13-14H2,3-4H3,(H,26,29)(H,27,30)/b16-10+. The summed E-state index contributed by atoms with van der Waals surface area (Å²) in [6, 6.07) is 6.37. The summed E-state index contributed by atoms with van der Waals surface area (Å²) in [6.45, 7) is 10.4. The van der Waals surface area contributed by atoms with Crippen molar-refractivity contribution in [2.24, 2.45) is 5.92 Å². The Morgan fingerprint density at radius 3 is 2.26 bits per heavy atom. The number of Topliss-reactive ketones (excluding diaryl/α,β-unsaturated/α-hetero) is 1. The molecule has 1 aromatic rings. The van der Waals surface area contributed by atoms with Gasteiger partial charge < -0.3 is 15.4 Å². The molecule has 0 bridgehead atoms. The second-order valence-corrected chi connectivity index (χ2v) is 7.08. The van der Waals surface area contributed by atoms with E-state index in [9.17, 15) is 23.2 Å². The van der Waals surface area contributed by atoms with Crippen molar-refractivity contribution in [3.05, 3.63) is 72.9 Å². The van der Waals surface area contributed by atoms with Gasteiger partial charge in [0.15, 0.2) is 0 Å². The smallest absolute Gasteiger partial charge is 0.408 e. The van der Waals surface area contributed by atoms with E-state index in [2.05, 4.69) is 23.8 Å². The molecule has 2 amide bonds. The zero-order chi connectivity index (χ0) is 23.4. The van der Waals surface area contributed by atoms with Crippen molar-refractivity contribution in [3.63, 3.8) is 0 Å². The maximum absolute atomic E-state index is 13.0. The normalized spacial score (nSPS) is 13.3. The van der Waals surface area contributed by atoms with Crippen molar-refractivity contribution in [1.29, 1.82) is 0 Å². The van der Waals surface area contributed by atoms with E-state index >= 15 is 0 Å². The number of ether oxygens (including phenoxy) is 1. The number of benzene rings is 1. The van der Waals surface area contributed by atoms with Crippen LogP contribution >= 0.6 is 0 Å². The Morgan fingerprint density at radius 2 is 1.74 bits per heavy atom. The van der Waals surface area contributed by atoms with Crippen LogP contribution in [0, 0.1) is 5.92 Å². The highest BCUT2D eigenvalue weighted by Gasteiger charge is 2.32. The van der Waals surface area contributed by atoms with Crippen LogP contribution in [-0.2, 0) is 20.9 Å². The molecule has 0 aliphatic rings. The molecule has 0 aliphatic heterocycles. The number of carbonyl (C=O) groups is 3. The van der Waals surface area contributed by atoms with Gasteiger partial charge in [0.1, 0.15) is 12.6 Å². The van der Waals surface area contributed by atoms with Gasteiger partial charge in [-0.3, -0.25) is 9.59 Å². The molecule has 0 aliphatic carbocycles. The Bertz CT molecular complexity index is 807. The number of nitrogens with one attached hydrogen (secondary N) is 2. The van der Waals surface area contributed by atoms with E-state index in [1.807, 2.05) is 6.07 Å². The average molecular weight is 434 g/mol. The zero-order valence-corrected chi connectivity index (χ0v) is 17.6. The summed E-state index contributed by atoms with van der Waals surface area (Å²) in [4.78, 5) is 36.8. The predicted molar refractivity (Wildman–Crippen MR) is 114 cm³/mol. The van der Waals surface area contributed by atoms with Gasteiger partial charge in [0.2, 0.25) is 11.7 Å². The molecule has 0 saturated heterocycles. The van der Waals surface area contributed by atoms with Crippen LogP contribution in [-0.4, -0.2) is 36.3 Å². The predicted octanol–water partition coefficient (Wildman–Crippen LogP) is 3.94. The van der Waals surface area contributed by atoms with E-state index in [0.717, 1.165) is 5.56 Å². The van der Waals surface area contributed by atoms with Crippen molar-refractivity contribution >= 4 is 17.8 Å². The highest BCUT2D eigenvalue weighted by atomic mass is 19.3. The quantitative estimate of drug-likeness (QED) is 0.488. The molecule has 1 aromatic carbocycles. The van der Waals surface area contributed by atoms with E-state index in [1.54, 1.807) is 38.1 Å². The Labute approximate surface area is 181 Å². The SMILES string of the molecule is C=C/C=C(\C=C)CC(NC(=O)C(NC(=O)OCc1ccccc1)C(C)C)C(=O)C(F)F. The zero-order valence-electron chi connectivity index (χ0n) is 17.6. The lowest BCUT2D eigenvalue weighted by Gasteiger charge is -2.25. The fraction of sp³-hybridized carbons (Fsp3) is 0.348. The van der Waals surface area contributed by atoms with Crippen LogP contribution in [0.5, 0.6) is 0 Å². The molecule has 0 radical (unpaired) electrons. The molecule has 0 aromatic heterocycles. The summed E-state index contributed by atoms with van der Waals surface area (Å²) in [7, 11) is 0. The van der Waals surface area contributed by atoms with Gasteiger partial charge in [0.25, 0.3) is 6.43 Å². The second kappa shape index (κ2) is 13.1. The van der Waals surface area contributed by atoms with Crippen molar-refractivity contribution in [2.45, 2.75) is 45.4 Å². The molecule has 168 valence electrons. The lowest BCUT2D eigenvalue weighted by Crippen LogP contribution is -2.54. The van der Waals surface area contributed by atoms with Crippen LogP contribution in [0.2, 0.25) is 0 Å². The third kappa shape index (κ3) is 8.94. The fourth-order valence-electron chi connectivity index (χ4n) is 2.67. The summed E-state index contributed by atoms with van der Waals surface area (Å²) in [5, 5.41) is 4.75. The molecular formula is C23H28F2N2O4. The number of carbonyl (C=O) groups excluding carboxylic acids is 3. The van der Waals surface area contributed by atoms with Gasteiger partial charge in [-0.2, -0.15) is 0 Å². The molecule has 0 heterocycles. The Balaban J connectivity index is 2.86. The third-order valence-corrected chi connectivity index (χ3v) is 4.34. The molecule has 0 spiro atoms. The maximum atomic E-state index is 13.0. The maximum Gasteiger partial charge on any atom is 0.408 e. The van der Waals surface area contributed by atoms with E-state index in [-0.39, 0.29) is 13.0 Å². The summed E-state index contributed by atoms with van der Waals surface area (Å²) >= 11 is 0. The third-order valence-electron chi connectivity index (χ3n) is 4.34. The van der Waals surface area contributed by atoms with Gasteiger partial charge in [-0.25, -0.2) is 13.6 Å². The molecular weight excluding hydrogens is 406 g/mol. The number of allylic oxidation sites excluding steroid dienone is 3. The van der Waals surface area contributed by atoms with Crippen molar-refractivity contribution in [3.8, 4) is 0 Å². The summed E-state index contributed by atoms with van der Waals surface area (Å²) in [5.41, 5.74) is 1.21. The molecule has 31 heavy (non-hydrogen) atoms. The van der Waals surface area contributed by atoms with Gasteiger partial charge in [-0.15, -0.1) is 0 Å². The summed E-state index contributed by atoms with van der Waals surface area (Å²) in [6.07, 6.45) is 0.0228. The lowest BCUT2D eigenvalue weighted by atomic mass is 9.99. The highest BCUT2D eigenvalue weighted by Crippen LogP contribution is 2.13. The molecule has 2 N–H and O–H groups in total. The molecule has 2 unspecified atom stereocenters. The molecule has 2 atom stereocenters. The molecule has 6 nitrogen and oxygen atoms in total. The minimum atomic E-state index is -3.26. The number of alkyl halides is 2.